The van der Waals surface area contributed by atoms with E-state index in [0.717, 1.165) is 35.4 Å². The Labute approximate surface area is 239 Å². The van der Waals surface area contributed by atoms with Crippen molar-refractivity contribution in [2.45, 2.75) is 44.6 Å². The first-order valence-corrected chi connectivity index (χ1v) is 13.3. The largest absolute Gasteiger partial charge is 0.573 e. The number of piperidine rings is 1. The van der Waals surface area contributed by atoms with Gasteiger partial charge in [-0.2, -0.15) is 0 Å². The summed E-state index contributed by atoms with van der Waals surface area (Å²) in [6.07, 6.45) is -7.08. The fourth-order valence-electron chi connectivity index (χ4n) is 5.11. The van der Waals surface area contributed by atoms with Crippen LogP contribution in [0.25, 0.3) is 0 Å². The average Bonchev–Trinajstić information content (AvgIpc) is 2.93. The van der Waals surface area contributed by atoms with Crippen LogP contribution in [0.1, 0.15) is 42.0 Å². The standard InChI is InChI=1S/C30H30F6N2O4/c1-2-40-37-19-21-3-5-22(6-4-21)20-38-17-15-25(16-18-38)28(39,23-7-11-26(12-8-23)41-29(31,32)33)24-9-13-27(14-10-24)42-30(34,35)36/h3-14,19,25,39H,2,15-18,20H2,1H3/b37-19+. The summed E-state index contributed by atoms with van der Waals surface area (Å²) in [7, 11) is 0. The van der Waals surface area contributed by atoms with E-state index in [1.54, 1.807) is 6.21 Å². The lowest BCUT2D eigenvalue weighted by Crippen LogP contribution is -2.44. The molecule has 0 unspecified atom stereocenters. The van der Waals surface area contributed by atoms with Gasteiger partial charge in [-0.25, -0.2) is 0 Å². The fraction of sp³-hybridized carbons (Fsp3) is 0.367. The molecular weight excluding hydrogens is 566 g/mol. The van der Waals surface area contributed by atoms with Crippen molar-refractivity contribution in [3.63, 3.8) is 0 Å². The normalized spacial score (nSPS) is 15.6. The van der Waals surface area contributed by atoms with Crippen LogP contribution >= 0.6 is 0 Å². The first kappa shape index (κ1) is 31.2. The van der Waals surface area contributed by atoms with Crippen LogP contribution in [0.15, 0.2) is 78.0 Å². The number of nitrogens with zero attached hydrogens (tertiary/aromatic N) is 2. The highest BCUT2D eigenvalue weighted by molar-refractivity contribution is 5.79. The molecule has 0 radical (unpaired) electrons. The molecule has 0 aromatic heterocycles. The second-order valence-electron chi connectivity index (χ2n) is 9.86. The van der Waals surface area contributed by atoms with Gasteiger partial charge < -0.3 is 19.4 Å². The van der Waals surface area contributed by atoms with Crippen LogP contribution in [0.3, 0.4) is 0 Å². The maximum absolute atomic E-state index is 12.7. The Morgan fingerprint density at radius 2 is 1.26 bits per heavy atom. The molecule has 4 rings (SSSR count). The predicted octanol–water partition coefficient (Wildman–Crippen LogP) is 7.00. The molecule has 3 aromatic rings. The number of aliphatic hydroxyl groups is 1. The number of oxime groups is 1. The molecule has 0 atom stereocenters. The first-order valence-electron chi connectivity index (χ1n) is 13.3. The van der Waals surface area contributed by atoms with Gasteiger partial charge in [0.1, 0.15) is 23.7 Å². The highest BCUT2D eigenvalue weighted by atomic mass is 19.4. The van der Waals surface area contributed by atoms with E-state index < -0.39 is 29.8 Å². The monoisotopic (exact) mass is 596 g/mol. The van der Waals surface area contributed by atoms with Crippen molar-refractivity contribution in [2.75, 3.05) is 19.7 Å². The van der Waals surface area contributed by atoms with Crippen LogP contribution in [0.2, 0.25) is 0 Å². The molecule has 1 fully saturated rings. The van der Waals surface area contributed by atoms with E-state index in [2.05, 4.69) is 19.5 Å². The SMILES string of the molecule is CCO/N=C/c1ccc(CN2CCC(C(O)(c3ccc(OC(F)(F)F)cc3)c3ccc(OC(F)(F)F)cc3)CC2)cc1. The van der Waals surface area contributed by atoms with E-state index in [1.807, 2.05) is 31.2 Å². The lowest BCUT2D eigenvalue weighted by atomic mass is 9.72. The molecule has 1 saturated heterocycles. The first-order chi connectivity index (χ1) is 19.9. The summed E-state index contributed by atoms with van der Waals surface area (Å²) in [5, 5.41) is 16.0. The summed E-state index contributed by atoms with van der Waals surface area (Å²) >= 11 is 0. The number of ether oxygens (including phenoxy) is 2. The van der Waals surface area contributed by atoms with Crippen LogP contribution < -0.4 is 9.47 Å². The minimum absolute atomic E-state index is 0.296. The van der Waals surface area contributed by atoms with Crippen LogP contribution in [-0.2, 0) is 17.0 Å². The zero-order chi connectivity index (χ0) is 30.4. The summed E-state index contributed by atoms with van der Waals surface area (Å²) < 4.78 is 84.0. The number of hydrogen-bond acceptors (Lipinski definition) is 6. The second-order valence-corrected chi connectivity index (χ2v) is 9.86. The molecule has 0 spiro atoms. The van der Waals surface area contributed by atoms with Crippen molar-refractivity contribution in [2.24, 2.45) is 11.1 Å². The highest BCUT2D eigenvalue weighted by Gasteiger charge is 2.42. The van der Waals surface area contributed by atoms with Gasteiger partial charge in [-0.3, -0.25) is 4.90 Å². The van der Waals surface area contributed by atoms with Crippen molar-refractivity contribution in [3.05, 3.63) is 95.1 Å². The third kappa shape index (κ3) is 8.39. The van der Waals surface area contributed by atoms with Gasteiger partial charge in [0.2, 0.25) is 0 Å². The Kier molecular flexibility index (Phi) is 9.67. The van der Waals surface area contributed by atoms with Crippen LogP contribution in [-0.4, -0.2) is 48.6 Å². The van der Waals surface area contributed by atoms with Gasteiger partial charge in [0.05, 0.1) is 6.21 Å². The maximum Gasteiger partial charge on any atom is 0.573 e. The van der Waals surface area contributed by atoms with Crippen LogP contribution in [0.4, 0.5) is 26.3 Å². The maximum atomic E-state index is 12.7. The molecule has 0 amide bonds. The lowest BCUT2D eigenvalue weighted by Gasteiger charge is -2.42. The molecule has 3 aromatic carbocycles. The van der Waals surface area contributed by atoms with Crippen molar-refractivity contribution in [1.82, 2.24) is 4.90 Å². The Hall–Kier alpha value is -3.77. The molecule has 226 valence electrons. The lowest BCUT2D eigenvalue weighted by molar-refractivity contribution is -0.275. The van der Waals surface area contributed by atoms with Gasteiger partial charge >= 0.3 is 12.7 Å². The molecule has 1 aliphatic heterocycles. The highest BCUT2D eigenvalue weighted by Crippen LogP contribution is 2.43. The Morgan fingerprint density at radius 1 is 0.786 bits per heavy atom. The van der Waals surface area contributed by atoms with Crippen molar-refractivity contribution in [1.29, 1.82) is 0 Å². The summed E-state index contributed by atoms with van der Waals surface area (Å²) in [6, 6.07) is 17.6. The summed E-state index contributed by atoms with van der Waals surface area (Å²) in [5.41, 5.74) is 0.877. The number of halogens is 6. The van der Waals surface area contributed by atoms with Gasteiger partial charge in [0, 0.05) is 6.54 Å². The summed E-state index contributed by atoms with van der Waals surface area (Å²) in [5.74, 6) is -1.28. The van der Waals surface area contributed by atoms with Crippen molar-refractivity contribution >= 4 is 6.21 Å². The van der Waals surface area contributed by atoms with Crippen molar-refractivity contribution < 1.29 is 45.8 Å². The van der Waals surface area contributed by atoms with E-state index in [9.17, 15) is 31.4 Å². The second kappa shape index (κ2) is 13.0. The number of hydrogen-bond donors (Lipinski definition) is 1. The van der Waals surface area contributed by atoms with Gasteiger partial charge in [0.25, 0.3) is 0 Å². The molecule has 42 heavy (non-hydrogen) atoms. The topological polar surface area (TPSA) is 63.5 Å². The van der Waals surface area contributed by atoms with E-state index in [-0.39, 0.29) is 5.92 Å². The smallest absolute Gasteiger partial charge is 0.406 e. The van der Waals surface area contributed by atoms with Crippen molar-refractivity contribution in [3.8, 4) is 11.5 Å². The summed E-state index contributed by atoms with van der Waals surface area (Å²) in [6.45, 7) is 4.23. The van der Waals surface area contributed by atoms with E-state index in [0.29, 0.717) is 50.2 Å². The number of benzene rings is 3. The molecule has 1 N–H and O–H groups in total. The van der Waals surface area contributed by atoms with Gasteiger partial charge in [-0.05, 0) is 85.3 Å². The molecule has 0 bridgehead atoms. The van der Waals surface area contributed by atoms with Gasteiger partial charge in [0.15, 0.2) is 0 Å². The molecule has 1 heterocycles. The number of alkyl halides is 6. The molecule has 1 aliphatic rings. The van der Waals surface area contributed by atoms with Crippen LogP contribution in [0, 0.1) is 5.92 Å². The fourth-order valence-corrected chi connectivity index (χ4v) is 5.11. The molecule has 0 saturated carbocycles. The predicted molar refractivity (Wildman–Crippen MR) is 143 cm³/mol. The van der Waals surface area contributed by atoms with E-state index >= 15 is 0 Å². The third-order valence-electron chi connectivity index (χ3n) is 7.03. The van der Waals surface area contributed by atoms with E-state index in [1.165, 1.54) is 24.3 Å². The molecular formula is C30H30F6N2O4. The van der Waals surface area contributed by atoms with E-state index in [4.69, 9.17) is 4.84 Å². The van der Waals surface area contributed by atoms with Crippen LogP contribution in [0.5, 0.6) is 11.5 Å². The average molecular weight is 597 g/mol. The van der Waals surface area contributed by atoms with Gasteiger partial charge in [-0.15, -0.1) is 26.3 Å². The number of rotatable bonds is 10. The zero-order valence-electron chi connectivity index (χ0n) is 22.7. The van der Waals surface area contributed by atoms with Gasteiger partial charge in [-0.1, -0.05) is 53.7 Å². The Balaban J connectivity index is 1.52. The molecule has 0 aliphatic carbocycles. The minimum Gasteiger partial charge on any atom is -0.406 e. The summed E-state index contributed by atoms with van der Waals surface area (Å²) in [4.78, 5) is 7.20. The molecule has 6 nitrogen and oxygen atoms in total. The Bertz CT molecular complexity index is 1240. The Morgan fingerprint density at radius 3 is 1.69 bits per heavy atom. The molecule has 12 heteroatoms. The quantitative estimate of drug-likeness (QED) is 0.155. The zero-order valence-corrected chi connectivity index (χ0v) is 22.7. The number of likely N-dealkylation sites (tertiary alicyclic amines) is 1. The minimum atomic E-state index is -4.88. The third-order valence-corrected chi connectivity index (χ3v) is 7.03.